The molecule has 1 spiro atoms. The number of likely N-dealkylation sites (tertiary alicyclic amines) is 1. The molecular weight excluding hydrogens is 543 g/mol. The van der Waals surface area contributed by atoms with E-state index < -0.39 is 11.6 Å². The van der Waals surface area contributed by atoms with Crippen molar-refractivity contribution in [1.82, 2.24) is 9.88 Å². The lowest BCUT2D eigenvalue weighted by Crippen LogP contribution is -2.38. The molecular formula is C36H49FN2O4. The molecule has 0 radical (unpaired) electrons. The summed E-state index contributed by atoms with van der Waals surface area (Å²) in [6, 6.07) is 8.60. The van der Waals surface area contributed by atoms with Gasteiger partial charge in [-0.05, 0) is 138 Å². The Morgan fingerprint density at radius 1 is 1.12 bits per heavy atom. The summed E-state index contributed by atoms with van der Waals surface area (Å²) in [6.07, 6.45) is 13.0. The molecule has 2 aromatic rings. The van der Waals surface area contributed by atoms with Gasteiger partial charge in [-0.25, -0.2) is 9.18 Å². The number of fused-ring (bicyclic) bond motifs is 1. The number of unbranched alkanes of at least 4 members (excludes halogenated alkanes) is 1. The molecule has 4 aliphatic rings. The highest BCUT2D eigenvalue weighted by Gasteiger charge is 2.47. The van der Waals surface area contributed by atoms with E-state index in [1.807, 2.05) is 26.8 Å². The van der Waals surface area contributed by atoms with E-state index >= 15 is 0 Å². The first-order chi connectivity index (χ1) is 20.7. The predicted octanol–water partition coefficient (Wildman–Crippen LogP) is 7.23. The number of aromatic nitrogens is 1. The van der Waals surface area contributed by atoms with Crippen LogP contribution < -0.4 is 0 Å². The predicted molar refractivity (Wildman–Crippen MR) is 164 cm³/mol. The Hall–Kier alpha value is -2.35. The standard InChI is InChI=1S/C36H49FN2O4/c1-35(2,3)43-34(40)33(30-22-26(37)12-14-29(30)32-15-17-36(18-19-36)24-42-32)39-20-16-28(23-39)41-21-7-6-9-27-13-11-25-8-4-5-10-31(25)38-27/h11-14,22,28,32-33H,4-10,15-21,23-24H2,1-3H3/t28-,32?,33?/m1/s1. The number of benzene rings is 1. The highest BCUT2D eigenvalue weighted by Crippen LogP contribution is 2.55. The highest BCUT2D eigenvalue weighted by molar-refractivity contribution is 5.79. The number of rotatable bonds is 10. The summed E-state index contributed by atoms with van der Waals surface area (Å²) < 4.78 is 33.4. The van der Waals surface area contributed by atoms with E-state index in [0.717, 1.165) is 57.1 Å². The molecule has 2 saturated heterocycles. The van der Waals surface area contributed by atoms with Crippen molar-refractivity contribution in [3.05, 3.63) is 64.2 Å². The van der Waals surface area contributed by atoms with E-state index in [2.05, 4.69) is 17.0 Å². The Balaban J connectivity index is 1.08. The lowest BCUT2D eigenvalue weighted by molar-refractivity contribution is -0.161. The van der Waals surface area contributed by atoms with Crippen LogP contribution >= 0.6 is 0 Å². The molecule has 2 aliphatic heterocycles. The van der Waals surface area contributed by atoms with Gasteiger partial charge >= 0.3 is 5.97 Å². The van der Waals surface area contributed by atoms with Crippen molar-refractivity contribution in [2.75, 3.05) is 26.3 Å². The molecule has 3 fully saturated rings. The van der Waals surface area contributed by atoms with Gasteiger partial charge in [0.25, 0.3) is 0 Å². The SMILES string of the molecule is CC(C)(C)OC(=O)C(c1cc(F)ccc1C1CCC2(CC2)CO1)N1CC[C@@H](OCCCCc2ccc3c(n2)CCCC3)C1. The second-order valence-electron chi connectivity index (χ2n) is 14.4. The summed E-state index contributed by atoms with van der Waals surface area (Å²) in [5.41, 5.74) is 5.21. The summed E-state index contributed by atoms with van der Waals surface area (Å²) in [5.74, 6) is -0.686. The van der Waals surface area contributed by atoms with Gasteiger partial charge in [-0.1, -0.05) is 12.1 Å². The molecule has 6 nitrogen and oxygen atoms in total. The highest BCUT2D eigenvalue weighted by atomic mass is 19.1. The summed E-state index contributed by atoms with van der Waals surface area (Å²) >= 11 is 0. The van der Waals surface area contributed by atoms with Gasteiger partial charge in [-0.15, -0.1) is 0 Å². The molecule has 1 saturated carbocycles. The molecule has 0 N–H and O–H groups in total. The lowest BCUT2D eigenvalue weighted by Gasteiger charge is -2.34. The number of pyridine rings is 1. The van der Waals surface area contributed by atoms with E-state index in [9.17, 15) is 9.18 Å². The van der Waals surface area contributed by atoms with Gasteiger partial charge in [0, 0.05) is 31.1 Å². The van der Waals surface area contributed by atoms with E-state index in [4.69, 9.17) is 19.2 Å². The molecule has 234 valence electrons. The maximum atomic E-state index is 14.8. The second kappa shape index (κ2) is 12.9. The van der Waals surface area contributed by atoms with Crippen molar-refractivity contribution in [3.63, 3.8) is 0 Å². The summed E-state index contributed by atoms with van der Waals surface area (Å²) in [4.78, 5) is 20.8. The van der Waals surface area contributed by atoms with Crippen LogP contribution in [0.25, 0.3) is 0 Å². The van der Waals surface area contributed by atoms with Crippen molar-refractivity contribution in [2.45, 2.75) is 122 Å². The molecule has 2 unspecified atom stereocenters. The van der Waals surface area contributed by atoms with E-state index in [1.54, 1.807) is 0 Å². The largest absolute Gasteiger partial charge is 0.459 e. The van der Waals surface area contributed by atoms with Gasteiger partial charge in [0.1, 0.15) is 17.5 Å². The van der Waals surface area contributed by atoms with Gasteiger partial charge in [0.05, 0.1) is 18.8 Å². The van der Waals surface area contributed by atoms with Crippen LogP contribution in [0.1, 0.15) is 119 Å². The quantitative estimate of drug-likeness (QED) is 0.214. The normalized spacial score (nSPS) is 24.1. The van der Waals surface area contributed by atoms with Crippen LogP contribution in [0, 0.1) is 11.2 Å². The molecule has 3 heterocycles. The number of hydrogen-bond acceptors (Lipinski definition) is 6. The number of nitrogens with zero attached hydrogens (tertiary/aromatic N) is 2. The number of carbonyl (C=O) groups excluding carboxylic acids is 1. The fraction of sp³-hybridized carbons (Fsp3) is 0.667. The molecule has 6 rings (SSSR count). The van der Waals surface area contributed by atoms with Gasteiger partial charge in [-0.2, -0.15) is 0 Å². The molecule has 0 bridgehead atoms. The zero-order valence-electron chi connectivity index (χ0n) is 26.3. The third-order valence-electron chi connectivity index (χ3n) is 9.76. The van der Waals surface area contributed by atoms with E-state index in [-0.39, 0.29) is 24.0 Å². The third kappa shape index (κ3) is 7.66. The number of hydrogen-bond donors (Lipinski definition) is 0. The minimum atomic E-state index is -0.700. The minimum absolute atomic E-state index is 0.0319. The maximum absolute atomic E-state index is 14.8. The summed E-state index contributed by atoms with van der Waals surface area (Å²) in [7, 11) is 0. The second-order valence-corrected chi connectivity index (χ2v) is 14.4. The van der Waals surface area contributed by atoms with Crippen molar-refractivity contribution in [1.29, 1.82) is 0 Å². The van der Waals surface area contributed by atoms with Crippen LogP contribution in [-0.4, -0.2) is 53.9 Å². The fourth-order valence-corrected chi connectivity index (χ4v) is 7.14. The maximum Gasteiger partial charge on any atom is 0.328 e. The van der Waals surface area contributed by atoms with Crippen molar-refractivity contribution >= 4 is 5.97 Å². The smallest absolute Gasteiger partial charge is 0.328 e. The third-order valence-corrected chi connectivity index (χ3v) is 9.76. The number of aryl methyl sites for hydroxylation is 3. The van der Waals surface area contributed by atoms with Crippen molar-refractivity contribution in [2.24, 2.45) is 5.41 Å². The molecule has 1 aromatic carbocycles. The zero-order chi connectivity index (χ0) is 30.0. The number of halogens is 1. The Morgan fingerprint density at radius 3 is 2.72 bits per heavy atom. The Morgan fingerprint density at radius 2 is 1.95 bits per heavy atom. The van der Waals surface area contributed by atoms with Crippen LogP contribution in [0.3, 0.4) is 0 Å². The van der Waals surface area contributed by atoms with Crippen LogP contribution in [0.2, 0.25) is 0 Å². The van der Waals surface area contributed by atoms with E-state index in [1.165, 1.54) is 61.2 Å². The van der Waals surface area contributed by atoms with Crippen molar-refractivity contribution < 1.29 is 23.4 Å². The van der Waals surface area contributed by atoms with Gasteiger partial charge in [-0.3, -0.25) is 9.88 Å². The number of esters is 1. The van der Waals surface area contributed by atoms with E-state index in [0.29, 0.717) is 30.7 Å². The lowest BCUT2D eigenvalue weighted by atomic mass is 9.88. The van der Waals surface area contributed by atoms with Crippen LogP contribution in [0.5, 0.6) is 0 Å². The van der Waals surface area contributed by atoms with Gasteiger partial charge in [0.2, 0.25) is 0 Å². The van der Waals surface area contributed by atoms with Crippen LogP contribution in [-0.2, 0) is 38.3 Å². The minimum Gasteiger partial charge on any atom is -0.459 e. The average molecular weight is 593 g/mol. The van der Waals surface area contributed by atoms with Gasteiger partial charge in [0.15, 0.2) is 0 Å². The average Bonchev–Trinajstić information content (AvgIpc) is 3.57. The zero-order valence-corrected chi connectivity index (χ0v) is 26.3. The molecule has 7 heteroatoms. The first kappa shape index (κ1) is 30.7. The first-order valence-corrected chi connectivity index (χ1v) is 16.7. The Labute approximate surface area is 256 Å². The molecule has 0 amide bonds. The van der Waals surface area contributed by atoms with Crippen molar-refractivity contribution in [3.8, 4) is 0 Å². The Kier molecular flexibility index (Phi) is 9.23. The molecule has 3 atom stereocenters. The first-order valence-electron chi connectivity index (χ1n) is 16.7. The van der Waals surface area contributed by atoms with Gasteiger partial charge < -0.3 is 14.2 Å². The van der Waals surface area contributed by atoms with Crippen LogP contribution in [0.15, 0.2) is 30.3 Å². The Bertz CT molecular complexity index is 1280. The fourth-order valence-electron chi connectivity index (χ4n) is 7.14. The molecule has 2 aliphatic carbocycles. The summed E-state index contributed by atoms with van der Waals surface area (Å²) in [6.45, 7) is 8.37. The monoisotopic (exact) mass is 592 g/mol. The summed E-state index contributed by atoms with van der Waals surface area (Å²) in [5, 5.41) is 0. The topological polar surface area (TPSA) is 60.9 Å². The van der Waals surface area contributed by atoms with Crippen LogP contribution in [0.4, 0.5) is 4.39 Å². The number of carbonyl (C=O) groups is 1. The molecule has 1 aromatic heterocycles. The molecule has 43 heavy (non-hydrogen) atoms. The number of ether oxygens (including phenoxy) is 3.